The first-order chi connectivity index (χ1) is 12.9. The SMILES string of the molecule is C=CC.CC1=CC(c2c(O)cc(C)c(CN3CCC(O)CC3)c2O)CCC1. The number of hydrogen-bond acceptors (Lipinski definition) is 4. The molecule has 0 saturated carbocycles. The van der Waals surface area contributed by atoms with Gasteiger partial charge < -0.3 is 15.3 Å². The maximum atomic E-state index is 10.9. The first kappa shape index (κ1) is 21.5. The van der Waals surface area contributed by atoms with E-state index >= 15 is 0 Å². The van der Waals surface area contributed by atoms with Crippen molar-refractivity contribution in [3.05, 3.63) is 47.1 Å². The Hall–Kier alpha value is -1.78. The van der Waals surface area contributed by atoms with Gasteiger partial charge >= 0.3 is 0 Å². The van der Waals surface area contributed by atoms with Crippen LogP contribution < -0.4 is 0 Å². The van der Waals surface area contributed by atoms with Crippen LogP contribution in [0.3, 0.4) is 0 Å². The molecule has 150 valence electrons. The van der Waals surface area contributed by atoms with Gasteiger partial charge in [-0.3, -0.25) is 4.90 Å². The van der Waals surface area contributed by atoms with Gasteiger partial charge in [0.25, 0.3) is 0 Å². The number of aliphatic hydroxyl groups excluding tert-OH is 1. The Bertz CT molecular complexity index is 673. The molecule has 3 rings (SSSR count). The van der Waals surface area contributed by atoms with Gasteiger partial charge in [0.15, 0.2) is 0 Å². The van der Waals surface area contributed by atoms with Crippen LogP contribution in [0.4, 0.5) is 0 Å². The fourth-order valence-electron chi connectivity index (χ4n) is 4.05. The second-order valence-corrected chi connectivity index (χ2v) is 7.88. The normalized spacial score (nSPS) is 21.2. The van der Waals surface area contributed by atoms with Crippen molar-refractivity contribution < 1.29 is 15.3 Å². The van der Waals surface area contributed by atoms with E-state index in [1.54, 1.807) is 12.1 Å². The third kappa shape index (κ3) is 5.60. The van der Waals surface area contributed by atoms with E-state index in [9.17, 15) is 15.3 Å². The van der Waals surface area contributed by atoms with Crippen LogP contribution in [0.1, 0.15) is 68.6 Å². The molecule has 1 saturated heterocycles. The molecule has 1 aliphatic heterocycles. The van der Waals surface area contributed by atoms with E-state index in [4.69, 9.17) is 0 Å². The van der Waals surface area contributed by atoms with Crippen molar-refractivity contribution >= 4 is 0 Å². The fraction of sp³-hybridized carbons (Fsp3) is 0.565. The molecule has 0 aromatic heterocycles. The Morgan fingerprint density at radius 2 is 1.81 bits per heavy atom. The van der Waals surface area contributed by atoms with Gasteiger partial charge in [-0.05, 0) is 64.5 Å². The molecule has 3 N–H and O–H groups in total. The molecule has 0 radical (unpaired) electrons. The molecular formula is C23H35NO3. The van der Waals surface area contributed by atoms with E-state index in [-0.39, 0.29) is 23.5 Å². The zero-order valence-corrected chi connectivity index (χ0v) is 17.0. The smallest absolute Gasteiger partial charge is 0.127 e. The third-order valence-electron chi connectivity index (χ3n) is 5.53. The number of allylic oxidation sites excluding steroid dienone is 3. The quantitative estimate of drug-likeness (QED) is 0.668. The molecule has 1 aliphatic carbocycles. The van der Waals surface area contributed by atoms with Crippen molar-refractivity contribution in [1.82, 2.24) is 4.90 Å². The Morgan fingerprint density at radius 1 is 1.19 bits per heavy atom. The van der Waals surface area contributed by atoms with Crippen molar-refractivity contribution in [1.29, 1.82) is 0 Å². The molecule has 1 heterocycles. The van der Waals surface area contributed by atoms with Crippen molar-refractivity contribution in [3.8, 4) is 11.5 Å². The molecule has 4 heteroatoms. The minimum absolute atomic E-state index is 0.0984. The average Bonchev–Trinajstić information content (AvgIpc) is 2.61. The van der Waals surface area contributed by atoms with Crippen molar-refractivity contribution in [2.75, 3.05) is 13.1 Å². The van der Waals surface area contributed by atoms with Gasteiger partial charge in [0.2, 0.25) is 0 Å². The van der Waals surface area contributed by atoms with Crippen molar-refractivity contribution in [2.45, 2.75) is 71.4 Å². The number of likely N-dealkylation sites (tertiary alicyclic amines) is 1. The summed E-state index contributed by atoms with van der Waals surface area (Å²) in [5.41, 5.74) is 3.86. The van der Waals surface area contributed by atoms with E-state index in [1.807, 2.05) is 13.8 Å². The van der Waals surface area contributed by atoms with E-state index in [2.05, 4.69) is 24.5 Å². The summed E-state index contributed by atoms with van der Waals surface area (Å²) < 4.78 is 0. The van der Waals surface area contributed by atoms with Crippen LogP contribution in [0, 0.1) is 6.92 Å². The zero-order chi connectivity index (χ0) is 20.0. The van der Waals surface area contributed by atoms with Crippen LogP contribution in [-0.2, 0) is 6.54 Å². The summed E-state index contributed by atoms with van der Waals surface area (Å²) in [4.78, 5) is 2.28. The summed E-state index contributed by atoms with van der Waals surface area (Å²) in [5, 5.41) is 31.0. The summed E-state index contributed by atoms with van der Waals surface area (Å²) >= 11 is 0. The summed E-state index contributed by atoms with van der Waals surface area (Å²) in [5.74, 6) is 0.564. The number of piperidine rings is 1. The molecule has 0 bridgehead atoms. The minimum atomic E-state index is -0.193. The van der Waals surface area contributed by atoms with Gasteiger partial charge in [-0.2, -0.15) is 0 Å². The summed E-state index contributed by atoms with van der Waals surface area (Å²) in [6, 6.07) is 1.79. The largest absolute Gasteiger partial charge is 0.507 e. The lowest BCUT2D eigenvalue weighted by molar-refractivity contribution is 0.0788. The number of phenolic OH excluding ortho intramolecular Hbond substituents is 2. The molecule has 27 heavy (non-hydrogen) atoms. The highest BCUT2D eigenvalue weighted by atomic mass is 16.3. The average molecular weight is 374 g/mol. The summed E-state index contributed by atoms with van der Waals surface area (Å²) in [7, 11) is 0. The highest BCUT2D eigenvalue weighted by Crippen LogP contribution is 2.43. The number of rotatable bonds is 3. The summed E-state index contributed by atoms with van der Waals surface area (Å²) in [6.07, 6.45) is 8.49. The molecule has 4 nitrogen and oxygen atoms in total. The minimum Gasteiger partial charge on any atom is -0.507 e. The van der Waals surface area contributed by atoms with E-state index in [0.29, 0.717) is 12.1 Å². The van der Waals surface area contributed by atoms with E-state index < -0.39 is 0 Å². The maximum absolute atomic E-state index is 10.9. The van der Waals surface area contributed by atoms with Crippen molar-refractivity contribution in [2.24, 2.45) is 0 Å². The lowest BCUT2D eigenvalue weighted by atomic mass is 9.83. The molecule has 1 aromatic rings. The molecule has 1 atom stereocenters. The van der Waals surface area contributed by atoms with Crippen LogP contribution in [0.25, 0.3) is 0 Å². The second-order valence-electron chi connectivity index (χ2n) is 7.88. The lowest BCUT2D eigenvalue weighted by Crippen LogP contribution is -2.35. The molecule has 1 unspecified atom stereocenters. The zero-order valence-electron chi connectivity index (χ0n) is 17.0. The number of aromatic hydroxyl groups is 2. The Morgan fingerprint density at radius 3 is 2.41 bits per heavy atom. The number of benzene rings is 1. The van der Waals surface area contributed by atoms with Gasteiger partial charge in [-0.15, -0.1) is 6.58 Å². The topological polar surface area (TPSA) is 63.9 Å². The monoisotopic (exact) mass is 373 g/mol. The molecular weight excluding hydrogens is 338 g/mol. The number of nitrogens with zero attached hydrogens (tertiary/aromatic N) is 1. The predicted molar refractivity (Wildman–Crippen MR) is 111 cm³/mol. The predicted octanol–water partition coefficient (Wildman–Crippen LogP) is 4.77. The Labute approximate surface area is 163 Å². The number of hydrogen-bond donors (Lipinski definition) is 3. The number of phenols is 2. The van der Waals surface area contributed by atoms with Gasteiger partial charge in [0.1, 0.15) is 11.5 Å². The van der Waals surface area contributed by atoms with Crippen LogP contribution in [0.5, 0.6) is 11.5 Å². The molecule has 2 aliphatic rings. The van der Waals surface area contributed by atoms with Gasteiger partial charge in [0, 0.05) is 36.7 Å². The Kier molecular flexibility index (Phi) is 7.93. The van der Waals surface area contributed by atoms with Crippen LogP contribution in [0.15, 0.2) is 30.4 Å². The highest BCUT2D eigenvalue weighted by molar-refractivity contribution is 5.55. The standard InChI is InChI=1S/C20H29NO3.C3H6/c1-13-4-3-5-15(10-13)19-18(23)11-14(2)17(20(19)24)12-21-8-6-16(22)7-9-21;1-3-2/h10-11,15-16,22-24H,3-9,12H2,1-2H3;3H,1H2,2H3. The van der Waals surface area contributed by atoms with E-state index in [1.165, 1.54) is 5.57 Å². The molecule has 0 spiro atoms. The van der Waals surface area contributed by atoms with Crippen LogP contribution in [-0.4, -0.2) is 39.4 Å². The molecule has 1 aromatic carbocycles. The van der Waals surface area contributed by atoms with Gasteiger partial charge in [0.05, 0.1) is 6.10 Å². The maximum Gasteiger partial charge on any atom is 0.127 e. The molecule has 0 amide bonds. The number of aliphatic hydroxyl groups is 1. The van der Waals surface area contributed by atoms with Crippen molar-refractivity contribution in [3.63, 3.8) is 0 Å². The summed E-state index contributed by atoms with van der Waals surface area (Å²) in [6.45, 7) is 11.7. The highest BCUT2D eigenvalue weighted by Gasteiger charge is 2.25. The van der Waals surface area contributed by atoms with E-state index in [0.717, 1.165) is 56.3 Å². The first-order valence-corrected chi connectivity index (χ1v) is 10.1. The Balaban J connectivity index is 0.000000817. The third-order valence-corrected chi connectivity index (χ3v) is 5.53. The second kappa shape index (κ2) is 9.95. The van der Waals surface area contributed by atoms with Gasteiger partial charge in [-0.25, -0.2) is 0 Å². The van der Waals surface area contributed by atoms with Crippen LogP contribution >= 0.6 is 0 Å². The molecule has 1 fully saturated rings. The number of aryl methyl sites for hydroxylation is 1. The fourth-order valence-corrected chi connectivity index (χ4v) is 4.05. The first-order valence-electron chi connectivity index (χ1n) is 10.1. The lowest BCUT2D eigenvalue weighted by Gasteiger charge is -2.31. The van der Waals surface area contributed by atoms with Crippen LogP contribution in [0.2, 0.25) is 0 Å². The van der Waals surface area contributed by atoms with Gasteiger partial charge in [-0.1, -0.05) is 17.7 Å².